The van der Waals surface area contributed by atoms with Crippen molar-refractivity contribution in [1.82, 2.24) is 4.98 Å². The number of ether oxygens (including phenoxy) is 1. The van der Waals surface area contributed by atoms with Crippen molar-refractivity contribution in [3.8, 4) is 5.75 Å². The molecule has 0 unspecified atom stereocenters. The van der Waals surface area contributed by atoms with Crippen LogP contribution in [0.2, 0.25) is 0 Å². The number of amides is 2. The third-order valence-electron chi connectivity index (χ3n) is 4.01. The van der Waals surface area contributed by atoms with Gasteiger partial charge in [0.05, 0.1) is 22.2 Å². The summed E-state index contributed by atoms with van der Waals surface area (Å²) in [6.07, 6.45) is 1.17. The molecule has 0 saturated carbocycles. The molecule has 2 N–H and O–H groups in total. The van der Waals surface area contributed by atoms with Gasteiger partial charge in [0.1, 0.15) is 0 Å². The molecule has 0 aliphatic heterocycles. The Kier molecular flexibility index (Phi) is 6.03. The maximum absolute atomic E-state index is 12.5. The van der Waals surface area contributed by atoms with Crippen LogP contribution in [0.5, 0.6) is 5.75 Å². The minimum atomic E-state index is -0.604. The number of methoxy groups -OCH3 is 1. The minimum Gasteiger partial charge on any atom is -0.490 e. The van der Waals surface area contributed by atoms with Crippen LogP contribution >= 0.6 is 11.3 Å². The molecule has 0 aliphatic carbocycles. The van der Waals surface area contributed by atoms with Crippen LogP contribution in [0.4, 0.5) is 16.5 Å². The van der Waals surface area contributed by atoms with Gasteiger partial charge in [-0.05, 0) is 36.8 Å². The number of benzene rings is 2. The normalized spacial score (nSPS) is 10.6. The van der Waals surface area contributed by atoms with Gasteiger partial charge in [0, 0.05) is 23.7 Å². The highest BCUT2D eigenvalue weighted by Gasteiger charge is 2.18. The zero-order valence-corrected chi connectivity index (χ0v) is 16.5. The van der Waals surface area contributed by atoms with E-state index in [2.05, 4.69) is 15.6 Å². The molecule has 0 spiro atoms. The van der Waals surface area contributed by atoms with Gasteiger partial charge >= 0.3 is 5.69 Å². The van der Waals surface area contributed by atoms with Gasteiger partial charge in [0.25, 0.3) is 5.91 Å². The van der Waals surface area contributed by atoms with Crippen LogP contribution in [0.25, 0.3) is 10.2 Å². The molecule has 0 aliphatic rings. The number of carbonyl (C=O) groups excluding carboxylic acids is 2. The van der Waals surface area contributed by atoms with Crippen molar-refractivity contribution in [3.05, 3.63) is 52.1 Å². The fraction of sp³-hybridized carbons (Fsp3) is 0.211. The van der Waals surface area contributed by atoms with Gasteiger partial charge < -0.3 is 15.4 Å². The first kappa shape index (κ1) is 20.2. The summed E-state index contributed by atoms with van der Waals surface area (Å²) in [6, 6.07) is 9.14. The smallest absolute Gasteiger partial charge is 0.311 e. The second-order valence-corrected chi connectivity index (χ2v) is 7.13. The van der Waals surface area contributed by atoms with Gasteiger partial charge in [-0.1, -0.05) is 18.3 Å². The van der Waals surface area contributed by atoms with Crippen LogP contribution < -0.4 is 15.4 Å². The molecule has 9 nitrogen and oxygen atoms in total. The maximum atomic E-state index is 12.5. The zero-order valence-electron chi connectivity index (χ0n) is 15.7. The molecule has 2 aromatic carbocycles. The second kappa shape index (κ2) is 8.65. The van der Waals surface area contributed by atoms with E-state index in [0.717, 1.165) is 11.1 Å². The van der Waals surface area contributed by atoms with E-state index in [0.29, 0.717) is 22.8 Å². The van der Waals surface area contributed by atoms with E-state index >= 15 is 0 Å². The molecule has 1 aromatic heterocycles. The molecule has 1 heterocycles. The van der Waals surface area contributed by atoms with Crippen molar-refractivity contribution in [2.75, 3.05) is 17.7 Å². The van der Waals surface area contributed by atoms with Crippen molar-refractivity contribution in [2.45, 2.75) is 19.8 Å². The third kappa shape index (κ3) is 4.66. The Morgan fingerprint density at radius 2 is 2.00 bits per heavy atom. The van der Waals surface area contributed by atoms with Crippen LogP contribution in [-0.4, -0.2) is 28.8 Å². The molecule has 0 radical (unpaired) electrons. The third-order valence-corrected chi connectivity index (χ3v) is 4.94. The lowest BCUT2D eigenvalue weighted by atomic mass is 10.1. The molecule has 150 valence electrons. The van der Waals surface area contributed by atoms with Crippen molar-refractivity contribution in [3.63, 3.8) is 0 Å². The second-order valence-electron chi connectivity index (χ2n) is 6.10. The van der Waals surface area contributed by atoms with Crippen LogP contribution in [0.1, 0.15) is 30.1 Å². The fourth-order valence-corrected chi connectivity index (χ4v) is 3.56. The van der Waals surface area contributed by atoms with E-state index in [-0.39, 0.29) is 22.9 Å². The molecule has 0 bridgehead atoms. The summed E-state index contributed by atoms with van der Waals surface area (Å²) in [5.74, 6) is -0.507. The number of carbonyl (C=O) groups is 2. The van der Waals surface area contributed by atoms with Crippen molar-refractivity contribution >= 4 is 49.9 Å². The standard InChI is InChI=1S/C19H18N4O5S/c1-3-4-17(24)22-19-21-13-7-6-12(10-16(13)29-19)20-18(25)11-5-8-15(28-2)14(9-11)23(26)27/h5-10H,3-4H2,1-2H3,(H,20,25)(H,21,22,24). The number of hydrogen-bond acceptors (Lipinski definition) is 7. The van der Waals surface area contributed by atoms with Gasteiger partial charge in [-0.25, -0.2) is 4.98 Å². The number of nitro benzene ring substituents is 1. The lowest BCUT2D eigenvalue weighted by molar-refractivity contribution is -0.385. The fourth-order valence-electron chi connectivity index (χ4n) is 2.64. The lowest BCUT2D eigenvalue weighted by Gasteiger charge is -2.07. The van der Waals surface area contributed by atoms with Gasteiger partial charge in [-0.2, -0.15) is 0 Å². The molecule has 10 heteroatoms. The van der Waals surface area contributed by atoms with E-state index in [9.17, 15) is 19.7 Å². The molecule has 3 aromatic rings. The summed E-state index contributed by atoms with van der Waals surface area (Å²) in [5.41, 5.74) is 1.05. The Balaban J connectivity index is 1.79. The summed E-state index contributed by atoms with van der Waals surface area (Å²) in [5, 5.41) is 17.1. The van der Waals surface area contributed by atoms with E-state index in [1.54, 1.807) is 18.2 Å². The molecule has 29 heavy (non-hydrogen) atoms. The first-order chi connectivity index (χ1) is 13.9. The molecule has 0 fully saturated rings. The highest BCUT2D eigenvalue weighted by molar-refractivity contribution is 7.22. The highest BCUT2D eigenvalue weighted by Crippen LogP contribution is 2.30. The number of anilines is 2. The number of hydrogen-bond donors (Lipinski definition) is 2. The van der Waals surface area contributed by atoms with Gasteiger partial charge in [0.15, 0.2) is 10.9 Å². The summed E-state index contributed by atoms with van der Waals surface area (Å²) >= 11 is 1.30. The number of fused-ring (bicyclic) bond motifs is 1. The maximum Gasteiger partial charge on any atom is 0.311 e. The summed E-state index contributed by atoms with van der Waals surface area (Å²) in [6.45, 7) is 1.92. The molecule has 2 amide bonds. The number of thiazole rings is 1. The van der Waals surface area contributed by atoms with Crippen molar-refractivity contribution in [2.24, 2.45) is 0 Å². The monoisotopic (exact) mass is 414 g/mol. The topological polar surface area (TPSA) is 123 Å². The number of nitro groups is 1. The SMILES string of the molecule is CCCC(=O)Nc1nc2ccc(NC(=O)c3ccc(OC)c([N+](=O)[O-])c3)cc2s1. The van der Waals surface area contributed by atoms with Crippen LogP contribution in [0.3, 0.4) is 0 Å². The van der Waals surface area contributed by atoms with Crippen LogP contribution in [0, 0.1) is 10.1 Å². The van der Waals surface area contributed by atoms with E-state index < -0.39 is 10.8 Å². The molecular weight excluding hydrogens is 396 g/mol. The number of aromatic nitrogens is 1. The molecule has 0 saturated heterocycles. The highest BCUT2D eigenvalue weighted by atomic mass is 32.1. The zero-order chi connectivity index (χ0) is 21.0. The van der Waals surface area contributed by atoms with Crippen molar-refractivity contribution < 1.29 is 19.2 Å². The average Bonchev–Trinajstić information content (AvgIpc) is 3.08. The Morgan fingerprint density at radius 3 is 2.69 bits per heavy atom. The Morgan fingerprint density at radius 1 is 1.21 bits per heavy atom. The predicted molar refractivity (Wildman–Crippen MR) is 111 cm³/mol. The number of nitrogens with zero attached hydrogens (tertiary/aromatic N) is 2. The summed E-state index contributed by atoms with van der Waals surface area (Å²) < 4.78 is 5.73. The van der Waals surface area contributed by atoms with Crippen molar-refractivity contribution in [1.29, 1.82) is 0 Å². The molecule has 0 atom stereocenters. The largest absolute Gasteiger partial charge is 0.490 e. The number of nitrogens with one attached hydrogen (secondary N) is 2. The van der Waals surface area contributed by atoms with E-state index in [1.165, 1.54) is 36.6 Å². The Bertz CT molecular complexity index is 1100. The van der Waals surface area contributed by atoms with Gasteiger partial charge in [-0.15, -0.1) is 0 Å². The quantitative estimate of drug-likeness (QED) is 0.441. The van der Waals surface area contributed by atoms with Crippen LogP contribution in [-0.2, 0) is 4.79 Å². The average molecular weight is 414 g/mol. The number of rotatable bonds is 7. The first-order valence-electron chi connectivity index (χ1n) is 8.75. The first-order valence-corrected chi connectivity index (χ1v) is 9.57. The summed E-state index contributed by atoms with van der Waals surface area (Å²) in [4.78, 5) is 39.1. The van der Waals surface area contributed by atoms with E-state index in [1.807, 2.05) is 6.92 Å². The Labute approximate surface area is 169 Å². The van der Waals surface area contributed by atoms with Crippen LogP contribution in [0.15, 0.2) is 36.4 Å². The summed E-state index contributed by atoms with van der Waals surface area (Å²) in [7, 11) is 1.32. The van der Waals surface area contributed by atoms with Gasteiger partial charge in [-0.3, -0.25) is 19.7 Å². The Hall–Kier alpha value is -3.53. The minimum absolute atomic E-state index is 0.0790. The lowest BCUT2D eigenvalue weighted by Crippen LogP contribution is -2.12. The molecular formula is C19H18N4O5S. The predicted octanol–water partition coefficient (Wildman–Crippen LogP) is 4.20. The van der Waals surface area contributed by atoms with Gasteiger partial charge in [0.2, 0.25) is 5.91 Å². The molecule has 3 rings (SSSR count). The van der Waals surface area contributed by atoms with E-state index in [4.69, 9.17) is 4.74 Å².